The molecular weight excluding hydrogens is 298 g/mol. The van der Waals surface area contributed by atoms with Gasteiger partial charge in [0.1, 0.15) is 0 Å². The smallest absolute Gasteiger partial charge is 0.303 e. The van der Waals surface area contributed by atoms with Crippen LogP contribution in [0.1, 0.15) is 18.4 Å². The fraction of sp³-hybridized carbons (Fsp3) is 0.176. The maximum absolute atomic E-state index is 10.6. The van der Waals surface area contributed by atoms with Crippen molar-refractivity contribution < 1.29 is 15.1 Å². The summed E-state index contributed by atoms with van der Waals surface area (Å²) in [6, 6.07) is 15.8. The van der Waals surface area contributed by atoms with E-state index in [1.165, 1.54) is 4.90 Å². The molecule has 0 spiro atoms. The summed E-state index contributed by atoms with van der Waals surface area (Å²) in [7, 11) is 0. The van der Waals surface area contributed by atoms with Crippen LogP contribution in [-0.2, 0) is 4.79 Å². The van der Waals surface area contributed by atoms with Crippen LogP contribution in [-0.4, -0.2) is 28.3 Å². The van der Waals surface area contributed by atoms with Gasteiger partial charge >= 0.3 is 5.97 Å². The molecule has 0 fully saturated rings. The van der Waals surface area contributed by atoms with Gasteiger partial charge < -0.3 is 10.3 Å². The van der Waals surface area contributed by atoms with E-state index in [4.69, 9.17) is 10.3 Å². The van der Waals surface area contributed by atoms with E-state index in [-0.39, 0.29) is 12.8 Å². The van der Waals surface area contributed by atoms with Gasteiger partial charge in [0.25, 0.3) is 0 Å². The molecule has 2 rings (SSSR count). The van der Waals surface area contributed by atoms with Crippen LogP contribution in [0.3, 0.4) is 0 Å². The Kier molecular flexibility index (Phi) is 5.61. The van der Waals surface area contributed by atoms with Gasteiger partial charge in [-0.1, -0.05) is 41.6 Å². The number of aliphatic carboxylic acids is 1. The van der Waals surface area contributed by atoms with Gasteiger partial charge in [0.15, 0.2) is 0 Å². The number of benzene rings is 2. The van der Waals surface area contributed by atoms with E-state index in [9.17, 15) is 4.79 Å². The van der Waals surface area contributed by atoms with Crippen LogP contribution in [0.4, 0.5) is 0 Å². The van der Waals surface area contributed by atoms with Crippen molar-refractivity contribution in [1.29, 1.82) is 0 Å². The molecule has 0 aliphatic heterocycles. The molecular formula is C17H17NO3S. The molecule has 5 heteroatoms. The SMILES string of the molecule is CSc1ccc(-c2ccc(/C(CCC(=O)O)=N/O)cc2)cc1. The molecule has 22 heavy (non-hydrogen) atoms. The Morgan fingerprint density at radius 3 is 2.00 bits per heavy atom. The third kappa shape index (κ3) is 4.11. The second-order valence-electron chi connectivity index (χ2n) is 4.75. The first-order chi connectivity index (χ1) is 10.6. The van der Waals surface area contributed by atoms with E-state index in [2.05, 4.69) is 29.4 Å². The summed E-state index contributed by atoms with van der Waals surface area (Å²) in [4.78, 5) is 11.8. The molecule has 0 unspecified atom stereocenters. The first-order valence-corrected chi connectivity index (χ1v) is 8.04. The van der Waals surface area contributed by atoms with Crippen molar-refractivity contribution in [3.05, 3.63) is 54.1 Å². The summed E-state index contributed by atoms with van der Waals surface area (Å²) in [5.41, 5.74) is 3.28. The molecule has 2 aromatic carbocycles. The van der Waals surface area contributed by atoms with Gasteiger partial charge in [-0.15, -0.1) is 11.8 Å². The van der Waals surface area contributed by atoms with Crippen LogP contribution in [0, 0.1) is 0 Å². The third-order valence-electron chi connectivity index (χ3n) is 3.34. The summed E-state index contributed by atoms with van der Waals surface area (Å²) in [6.45, 7) is 0. The number of oxime groups is 1. The van der Waals surface area contributed by atoms with Crippen molar-refractivity contribution >= 4 is 23.4 Å². The number of carbonyl (C=O) groups is 1. The Bertz CT molecular complexity index is 663. The minimum absolute atomic E-state index is 0.0582. The maximum atomic E-state index is 10.6. The molecule has 2 N–H and O–H groups in total. The summed E-state index contributed by atoms with van der Waals surface area (Å²) in [6.07, 6.45) is 2.18. The largest absolute Gasteiger partial charge is 0.481 e. The van der Waals surface area contributed by atoms with E-state index in [0.29, 0.717) is 5.71 Å². The molecule has 2 aromatic rings. The van der Waals surface area contributed by atoms with E-state index >= 15 is 0 Å². The number of carboxylic acids is 1. The number of thioether (sulfide) groups is 1. The van der Waals surface area contributed by atoms with Crippen LogP contribution in [0.25, 0.3) is 11.1 Å². The second kappa shape index (κ2) is 7.66. The Morgan fingerprint density at radius 1 is 1.00 bits per heavy atom. The second-order valence-corrected chi connectivity index (χ2v) is 5.63. The van der Waals surface area contributed by atoms with E-state index < -0.39 is 5.97 Å². The van der Waals surface area contributed by atoms with Crippen molar-refractivity contribution in [2.45, 2.75) is 17.7 Å². The molecule has 0 aromatic heterocycles. The molecule has 0 aliphatic rings. The van der Waals surface area contributed by atoms with Gasteiger partial charge in [-0.3, -0.25) is 4.79 Å². The highest BCUT2D eigenvalue weighted by Gasteiger charge is 2.08. The van der Waals surface area contributed by atoms with Crippen molar-refractivity contribution in [2.24, 2.45) is 5.16 Å². The lowest BCUT2D eigenvalue weighted by Gasteiger charge is -2.06. The van der Waals surface area contributed by atoms with Gasteiger partial charge in [-0.2, -0.15) is 0 Å². The van der Waals surface area contributed by atoms with Gasteiger partial charge in [-0.05, 0) is 35.1 Å². The molecule has 0 aliphatic carbocycles. The minimum atomic E-state index is -0.911. The molecule has 0 amide bonds. The molecule has 0 saturated carbocycles. The number of hydrogen-bond acceptors (Lipinski definition) is 4. The summed E-state index contributed by atoms with van der Waals surface area (Å²) in [5.74, 6) is -0.911. The highest BCUT2D eigenvalue weighted by molar-refractivity contribution is 7.98. The molecule has 0 saturated heterocycles. The first kappa shape index (κ1) is 16.1. The quantitative estimate of drug-likeness (QED) is 0.364. The monoisotopic (exact) mass is 315 g/mol. The lowest BCUT2D eigenvalue weighted by atomic mass is 10.0. The highest BCUT2D eigenvalue weighted by atomic mass is 32.2. The van der Waals surface area contributed by atoms with Crippen LogP contribution in [0.5, 0.6) is 0 Å². The van der Waals surface area contributed by atoms with Crippen molar-refractivity contribution in [1.82, 2.24) is 0 Å². The Balaban J connectivity index is 2.16. The predicted octanol–water partition coefficient (Wildman–Crippen LogP) is 4.12. The fourth-order valence-electron chi connectivity index (χ4n) is 2.12. The summed E-state index contributed by atoms with van der Waals surface area (Å²) in [5, 5.41) is 20.9. The van der Waals surface area contributed by atoms with Gasteiger partial charge in [0, 0.05) is 11.3 Å². The number of hydrogen-bond donors (Lipinski definition) is 2. The standard InChI is InChI=1S/C17H17NO3S/c1-22-15-8-6-13(7-9-15)12-2-4-14(5-3-12)16(18-21)10-11-17(19)20/h2-9,21H,10-11H2,1H3,(H,19,20)/b18-16+. The van der Waals surface area contributed by atoms with Gasteiger partial charge in [0.05, 0.1) is 12.1 Å². The fourth-order valence-corrected chi connectivity index (χ4v) is 2.52. The Morgan fingerprint density at radius 2 is 1.55 bits per heavy atom. The van der Waals surface area contributed by atoms with E-state index in [1.54, 1.807) is 11.8 Å². The van der Waals surface area contributed by atoms with Crippen LogP contribution < -0.4 is 0 Å². The number of nitrogens with zero attached hydrogens (tertiary/aromatic N) is 1. The van der Waals surface area contributed by atoms with E-state index in [1.807, 2.05) is 30.5 Å². The van der Waals surface area contributed by atoms with Crippen LogP contribution in [0.2, 0.25) is 0 Å². The zero-order valence-corrected chi connectivity index (χ0v) is 13.0. The van der Waals surface area contributed by atoms with E-state index in [0.717, 1.165) is 16.7 Å². The molecule has 0 radical (unpaired) electrons. The highest BCUT2D eigenvalue weighted by Crippen LogP contribution is 2.23. The zero-order valence-electron chi connectivity index (χ0n) is 12.2. The normalized spacial score (nSPS) is 11.4. The molecule has 0 bridgehead atoms. The number of rotatable bonds is 6. The van der Waals surface area contributed by atoms with Gasteiger partial charge in [0.2, 0.25) is 0 Å². The predicted molar refractivity (Wildman–Crippen MR) is 88.9 cm³/mol. The average molecular weight is 315 g/mol. The summed E-state index contributed by atoms with van der Waals surface area (Å²) >= 11 is 1.70. The van der Waals surface area contributed by atoms with Crippen LogP contribution in [0.15, 0.2) is 58.6 Å². The summed E-state index contributed by atoms with van der Waals surface area (Å²) < 4.78 is 0. The van der Waals surface area contributed by atoms with Crippen LogP contribution >= 0.6 is 11.8 Å². The van der Waals surface area contributed by atoms with Crippen molar-refractivity contribution in [3.63, 3.8) is 0 Å². The first-order valence-electron chi connectivity index (χ1n) is 6.81. The molecule has 0 heterocycles. The number of carboxylic acid groups (broad SMARTS) is 1. The average Bonchev–Trinajstić information content (AvgIpc) is 2.56. The minimum Gasteiger partial charge on any atom is -0.481 e. The maximum Gasteiger partial charge on any atom is 0.303 e. The van der Waals surface area contributed by atoms with Crippen molar-refractivity contribution in [2.75, 3.05) is 6.26 Å². The topological polar surface area (TPSA) is 69.9 Å². The molecule has 4 nitrogen and oxygen atoms in total. The third-order valence-corrected chi connectivity index (χ3v) is 4.08. The molecule has 114 valence electrons. The lowest BCUT2D eigenvalue weighted by Crippen LogP contribution is -2.05. The Labute approximate surface area is 133 Å². The zero-order chi connectivity index (χ0) is 15.9. The lowest BCUT2D eigenvalue weighted by molar-refractivity contribution is -0.136. The van der Waals surface area contributed by atoms with Crippen molar-refractivity contribution in [3.8, 4) is 11.1 Å². The molecule has 0 atom stereocenters. The Hall–Kier alpha value is -2.27. The van der Waals surface area contributed by atoms with Gasteiger partial charge in [-0.25, -0.2) is 0 Å².